The van der Waals surface area contributed by atoms with E-state index in [2.05, 4.69) is 45.9 Å². The van der Waals surface area contributed by atoms with Crippen LogP contribution in [0.25, 0.3) is 33.3 Å². The summed E-state index contributed by atoms with van der Waals surface area (Å²) in [6.07, 6.45) is 3.74. The zero-order chi connectivity index (χ0) is 18.3. The Kier molecular flexibility index (Phi) is 4.01. The van der Waals surface area contributed by atoms with Crippen molar-refractivity contribution in [1.29, 1.82) is 0 Å². The summed E-state index contributed by atoms with van der Waals surface area (Å²) in [5.41, 5.74) is 9.76. The van der Waals surface area contributed by atoms with Gasteiger partial charge in [-0.2, -0.15) is 0 Å². The van der Waals surface area contributed by atoms with Crippen molar-refractivity contribution in [1.82, 2.24) is 14.5 Å². The molecule has 26 heavy (non-hydrogen) atoms. The van der Waals surface area contributed by atoms with Crippen LogP contribution in [0.3, 0.4) is 0 Å². The highest BCUT2D eigenvalue weighted by Crippen LogP contribution is 2.37. The van der Waals surface area contributed by atoms with E-state index in [0.29, 0.717) is 16.3 Å². The monoisotopic (exact) mass is 364 g/mol. The number of aromatic nitrogens is 3. The second kappa shape index (κ2) is 6.35. The first-order valence-corrected chi connectivity index (χ1v) is 8.65. The SMILES string of the molecule is CCn1ccc2cc(-c3cnc(N)nc3-c3cc(Cl)ccc3O)ccc21. The first-order valence-electron chi connectivity index (χ1n) is 8.27. The Balaban J connectivity index is 1.94. The number of nitrogens with zero attached hydrogens (tertiary/aromatic N) is 3. The summed E-state index contributed by atoms with van der Waals surface area (Å²) in [4.78, 5) is 8.51. The van der Waals surface area contributed by atoms with Gasteiger partial charge >= 0.3 is 0 Å². The number of rotatable bonds is 3. The molecule has 130 valence electrons. The van der Waals surface area contributed by atoms with Crippen LogP contribution >= 0.6 is 11.6 Å². The molecule has 0 unspecified atom stereocenters. The number of nitrogens with two attached hydrogens (primary N) is 1. The van der Waals surface area contributed by atoms with Crippen LogP contribution in [-0.2, 0) is 6.54 Å². The van der Waals surface area contributed by atoms with Crippen LogP contribution in [-0.4, -0.2) is 19.6 Å². The van der Waals surface area contributed by atoms with Gasteiger partial charge < -0.3 is 15.4 Å². The minimum Gasteiger partial charge on any atom is -0.507 e. The van der Waals surface area contributed by atoms with Gasteiger partial charge in [0, 0.05) is 46.0 Å². The van der Waals surface area contributed by atoms with Gasteiger partial charge in [0.15, 0.2) is 0 Å². The van der Waals surface area contributed by atoms with E-state index in [1.165, 1.54) is 5.52 Å². The molecule has 4 rings (SSSR count). The molecule has 5 nitrogen and oxygen atoms in total. The van der Waals surface area contributed by atoms with E-state index in [4.69, 9.17) is 17.3 Å². The van der Waals surface area contributed by atoms with Crippen LogP contribution in [0.1, 0.15) is 6.92 Å². The fraction of sp³-hybridized carbons (Fsp3) is 0.100. The summed E-state index contributed by atoms with van der Waals surface area (Å²) in [6, 6.07) is 13.1. The molecule has 4 aromatic rings. The molecule has 2 heterocycles. The summed E-state index contributed by atoms with van der Waals surface area (Å²) in [7, 11) is 0. The lowest BCUT2D eigenvalue weighted by Crippen LogP contribution is -1.99. The summed E-state index contributed by atoms with van der Waals surface area (Å²) in [5, 5.41) is 11.9. The molecule has 0 aliphatic rings. The maximum Gasteiger partial charge on any atom is 0.220 e. The van der Waals surface area contributed by atoms with Crippen LogP contribution in [0.2, 0.25) is 5.02 Å². The smallest absolute Gasteiger partial charge is 0.220 e. The number of aromatic hydroxyl groups is 1. The van der Waals surface area contributed by atoms with E-state index in [9.17, 15) is 5.11 Å². The third-order valence-electron chi connectivity index (χ3n) is 4.44. The lowest BCUT2D eigenvalue weighted by molar-refractivity contribution is 0.477. The van der Waals surface area contributed by atoms with Gasteiger partial charge in [0.2, 0.25) is 5.95 Å². The molecule has 6 heteroatoms. The highest BCUT2D eigenvalue weighted by molar-refractivity contribution is 6.31. The van der Waals surface area contributed by atoms with E-state index < -0.39 is 0 Å². The van der Waals surface area contributed by atoms with Crippen molar-refractivity contribution < 1.29 is 5.11 Å². The number of hydrogen-bond acceptors (Lipinski definition) is 4. The normalized spacial score (nSPS) is 11.2. The molecule has 0 atom stereocenters. The van der Waals surface area contributed by atoms with Gasteiger partial charge in [-0.1, -0.05) is 17.7 Å². The van der Waals surface area contributed by atoms with Crippen molar-refractivity contribution in [2.24, 2.45) is 0 Å². The minimum absolute atomic E-state index is 0.0898. The molecule has 0 saturated heterocycles. The highest BCUT2D eigenvalue weighted by atomic mass is 35.5. The molecule has 0 fully saturated rings. The number of phenolic OH excluding ortho intramolecular Hbond substituents is 1. The van der Waals surface area contributed by atoms with Crippen molar-refractivity contribution in [2.75, 3.05) is 5.73 Å². The molecule has 0 amide bonds. The lowest BCUT2D eigenvalue weighted by atomic mass is 9.99. The van der Waals surface area contributed by atoms with E-state index in [0.717, 1.165) is 23.1 Å². The number of aryl methyl sites for hydroxylation is 1. The molecular formula is C20H17ClN4O. The van der Waals surface area contributed by atoms with Gasteiger partial charge in [0.1, 0.15) is 5.75 Å². The molecule has 2 aromatic heterocycles. The van der Waals surface area contributed by atoms with E-state index in [1.807, 2.05) is 6.07 Å². The average molecular weight is 365 g/mol. The summed E-state index contributed by atoms with van der Waals surface area (Å²) >= 11 is 6.11. The first-order chi connectivity index (χ1) is 12.6. The van der Waals surface area contributed by atoms with Gasteiger partial charge in [-0.3, -0.25) is 0 Å². The molecule has 0 bridgehead atoms. The topological polar surface area (TPSA) is 77.0 Å². The maximum absolute atomic E-state index is 10.3. The van der Waals surface area contributed by atoms with Crippen LogP contribution < -0.4 is 5.73 Å². The molecule has 0 radical (unpaired) electrons. The largest absolute Gasteiger partial charge is 0.507 e. The second-order valence-corrected chi connectivity index (χ2v) is 6.46. The standard InChI is InChI=1S/C20H17ClN4O/c1-2-25-8-7-13-9-12(3-5-17(13)25)16-11-23-20(22)24-19(16)15-10-14(21)4-6-18(15)26/h3-11,26H,2H2,1H3,(H2,22,23,24). The lowest BCUT2D eigenvalue weighted by Gasteiger charge is -2.12. The first kappa shape index (κ1) is 16.4. The van der Waals surface area contributed by atoms with Crippen molar-refractivity contribution in [3.8, 4) is 28.1 Å². The van der Waals surface area contributed by atoms with E-state index in [1.54, 1.807) is 24.4 Å². The average Bonchev–Trinajstić information content (AvgIpc) is 3.06. The number of nitrogen functional groups attached to an aromatic ring is 1. The number of phenols is 1. The molecule has 0 saturated carbocycles. The van der Waals surface area contributed by atoms with Crippen LogP contribution in [0.4, 0.5) is 5.95 Å². The van der Waals surface area contributed by atoms with E-state index >= 15 is 0 Å². The van der Waals surface area contributed by atoms with Crippen molar-refractivity contribution in [3.05, 3.63) is 59.9 Å². The number of hydrogen-bond donors (Lipinski definition) is 2. The predicted molar refractivity (Wildman–Crippen MR) is 105 cm³/mol. The van der Waals surface area contributed by atoms with Gasteiger partial charge in [-0.15, -0.1) is 0 Å². The molecule has 3 N–H and O–H groups in total. The molecule has 0 spiro atoms. The van der Waals surface area contributed by atoms with Gasteiger partial charge in [0.25, 0.3) is 0 Å². The third-order valence-corrected chi connectivity index (χ3v) is 4.68. The maximum atomic E-state index is 10.3. The third kappa shape index (κ3) is 2.76. The molecular weight excluding hydrogens is 348 g/mol. The zero-order valence-corrected chi connectivity index (χ0v) is 14.9. The Labute approximate surface area is 155 Å². The summed E-state index contributed by atoms with van der Waals surface area (Å²) in [5.74, 6) is 0.230. The quantitative estimate of drug-likeness (QED) is 0.551. The number of halogens is 1. The summed E-state index contributed by atoms with van der Waals surface area (Å²) in [6.45, 7) is 3.02. The number of fused-ring (bicyclic) bond motifs is 1. The van der Waals surface area contributed by atoms with Crippen LogP contribution in [0.15, 0.2) is 54.9 Å². The van der Waals surface area contributed by atoms with Crippen LogP contribution in [0, 0.1) is 0 Å². The van der Waals surface area contributed by atoms with Crippen molar-refractivity contribution >= 4 is 28.5 Å². The second-order valence-electron chi connectivity index (χ2n) is 6.03. The number of anilines is 1. The Bertz CT molecular complexity index is 1120. The molecule has 2 aromatic carbocycles. The molecule has 0 aliphatic carbocycles. The van der Waals surface area contributed by atoms with E-state index in [-0.39, 0.29) is 11.7 Å². The van der Waals surface area contributed by atoms with Crippen molar-refractivity contribution in [2.45, 2.75) is 13.5 Å². The Morgan fingerprint density at radius 1 is 1.12 bits per heavy atom. The minimum atomic E-state index is 0.0898. The number of benzene rings is 2. The van der Waals surface area contributed by atoms with Crippen LogP contribution in [0.5, 0.6) is 5.75 Å². The van der Waals surface area contributed by atoms with Crippen molar-refractivity contribution in [3.63, 3.8) is 0 Å². The predicted octanol–water partition coefficient (Wildman–Crippen LogP) is 4.73. The Hall–Kier alpha value is -3.05. The zero-order valence-electron chi connectivity index (χ0n) is 14.1. The van der Waals surface area contributed by atoms with Gasteiger partial charge in [-0.05, 0) is 48.9 Å². The fourth-order valence-corrected chi connectivity index (χ4v) is 3.33. The highest BCUT2D eigenvalue weighted by Gasteiger charge is 2.15. The molecule has 0 aliphatic heterocycles. The summed E-state index contributed by atoms with van der Waals surface area (Å²) < 4.78 is 2.18. The Morgan fingerprint density at radius 2 is 1.96 bits per heavy atom. The van der Waals surface area contributed by atoms with Gasteiger partial charge in [0.05, 0.1) is 5.69 Å². The fourth-order valence-electron chi connectivity index (χ4n) is 3.15. The van der Waals surface area contributed by atoms with Gasteiger partial charge in [-0.25, -0.2) is 9.97 Å². The Morgan fingerprint density at radius 3 is 2.77 bits per heavy atom.